The number of hydrogen-bond acceptors (Lipinski definition) is 6. The van der Waals surface area contributed by atoms with Gasteiger partial charge in [-0.3, -0.25) is 15.6 Å². The number of rotatable bonds is 3. The Morgan fingerprint density at radius 2 is 2.00 bits per heavy atom. The average molecular weight is 304 g/mol. The van der Waals surface area contributed by atoms with Crippen LogP contribution in [0.4, 0.5) is 5.82 Å². The number of carbonyl (C=O) groups excluding carboxylic acids is 1. The number of carbonyl (C=O) groups is 1. The molecule has 0 unspecified atom stereocenters. The van der Waals surface area contributed by atoms with Gasteiger partial charge >= 0.3 is 0 Å². The van der Waals surface area contributed by atoms with Crippen molar-refractivity contribution in [3.05, 3.63) is 46.9 Å². The fourth-order valence-corrected chi connectivity index (χ4v) is 2.02. The Labute approximate surface area is 124 Å². The lowest BCUT2D eigenvalue weighted by Crippen LogP contribution is -2.30. The Kier molecular flexibility index (Phi) is 3.41. The highest BCUT2D eigenvalue weighted by Crippen LogP contribution is 2.24. The van der Waals surface area contributed by atoms with Gasteiger partial charge in [-0.1, -0.05) is 41.0 Å². The molecule has 3 aromatic rings. The second-order valence-electron chi connectivity index (χ2n) is 4.29. The number of benzene rings is 1. The van der Waals surface area contributed by atoms with Crippen LogP contribution in [-0.4, -0.2) is 21.3 Å². The summed E-state index contributed by atoms with van der Waals surface area (Å²) < 4.78 is 4.84. The number of hydrazine groups is 1. The summed E-state index contributed by atoms with van der Waals surface area (Å²) in [5.41, 5.74) is 5.36. The number of hydrogen-bond donors (Lipinski definition) is 2. The summed E-state index contributed by atoms with van der Waals surface area (Å²) in [6, 6.07) is 8.86. The quantitative estimate of drug-likeness (QED) is 0.721. The molecule has 0 fully saturated rings. The van der Waals surface area contributed by atoms with E-state index in [1.54, 1.807) is 6.92 Å². The zero-order chi connectivity index (χ0) is 14.8. The first kappa shape index (κ1) is 13.3. The van der Waals surface area contributed by atoms with Crippen molar-refractivity contribution in [3.63, 3.8) is 0 Å². The molecule has 1 amide bonds. The lowest BCUT2D eigenvalue weighted by Gasteiger charge is -2.08. The van der Waals surface area contributed by atoms with Crippen molar-refractivity contribution >= 4 is 34.1 Å². The first-order valence-corrected chi connectivity index (χ1v) is 6.43. The molecule has 0 aliphatic carbocycles. The second kappa shape index (κ2) is 5.37. The summed E-state index contributed by atoms with van der Waals surface area (Å²) >= 11 is 5.98. The predicted molar refractivity (Wildman–Crippen MR) is 76.9 cm³/mol. The lowest BCUT2D eigenvalue weighted by atomic mass is 10.2. The van der Waals surface area contributed by atoms with Crippen LogP contribution in [0.25, 0.3) is 10.8 Å². The third-order valence-corrected chi connectivity index (χ3v) is 3.08. The summed E-state index contributed by atoms with van der Waals surface area (Å²) in [5.74, 6) is 0.508. The van der Waals surface area contributed by atoms with Gasteiger partial charge in [0.2, 0.25) is 0 Å². The molecule has 0 saturated heterocycles. The van der Waals surface area contributed by atoms with Crippen LogP contribution in [0.3, 0.4) is 0 Å². The SMILES string of the molecule is Cc1cc(C(=O)NNc2nnc(Cl)c3ccccc23)no1. The largest absolute Gasteiger partial charge is 0.361 e. The van der Waals surface area contributed by atoms with Gasteiger partial charge in [-0.2, -0.15) is 0 Å². The zero-order valence-corrected chi connectivity index (χ0v) is 11.7. The van der Waals surface area contributed by atoms with Crippen molar-refractivity contribution in [3.8, 4) is 0 Å². The maximum Gasteiger partial charge on any atom is 0.291 e. The van der Waals surface area contributed by atoms with Crippen LogP contribution < -0.4 is 10.9 Å². The van der Waals surface area contributed by atoms with Crippen LogP contribution in [0, 0.1) is 6.92 Å². The van der Waals surface area contributed by atoms with Crippen LogP contribution >= 0.6 is 11.6 Å². The van der Waals surface area contributed by atoms with Crippen molar-refractivity contribution in [2.45, 2.75) is 6.92 Å². The first-order chi connectivity index (χ1) is 10.1. The van der Waals surface area contributed by atoms with E-state index in [1.165, 1.54) is 6.07 Å². The van der Waals surface area contributed by atoms with Crippen molar-refractivity contribution < 1.29 is 9.32 Å². The van der Waals surface area contributed by atoms with Gasteiger partial charge in [-0.15, -0.1) is 10.2 Å². The summed E-state index contributed by atoms with van der Waals surface area (Å²) in [7, 11) is 0. The molecule has 1 aromatic carbocycles. The smallest absolute Gasteiger partial charge is 0.291 e. The number of anilines is 1. The van der Waals surface area contributed by atoms with E-state index in [0.717, 1.165) is 10.8 Å². The number of nitrogens with one attached hydrogen (secondary N) is 2. The molecular formula is C13H10ClN5O2. The number of amides is 1. The van der Waals surface area contributed by atoms with Gasteiger partial charge in [0.15, 0.2) is 16.7 Å². The van der Waals surface area contributed by atoms with E-state index in [4.69, 9.17) is 16.1 Å². The fraction of sp³-hybridized carbons (Fsp3) is 0.0769. The maximum atomic E-state index is 11.9. The van der Waals surface area contributed by atoms with Crippen molar-refractivity contribution in [1.82, 2.24) is 20.8 Å². The molecule has 7 nitrogen and oxygen atoms in total. The summed E-state index contributed by atoms with van der Waals surface area (Å²) in [6.07, 6.45) is 0. The topological polar surface area (TPSA) is 92.9 Å². The Morgan fingerprint density at radius 1 is 1.24 bits per heavy atom. The monoisotopic (exact) mass is 303 g/mol. The number of fused-ring (bicyclic) bond motifs is 1. The molecule has 21 heavy (non-hydrogen) atoms. The highest BCUT2D eigenvalue weighted by molar-refractivity contribution is 6.34. The highest BCUT2D eigenvalue weighted by Gasteiger charge is 2.12. The molecule has 2 heterocycles. The minimum Gasteiger partial charge on any atom is -0.361 e. The molecule has 0 bridgehead atoms. The van der Waals surface area contributed by atoms with Gasteiger partial charge in [-0.05, 0) is 6.92 Å². The summed E-state index contributed by atoms with van der Waals surface area (Å²) in [5, 5.41) is 13.2. The third-order valence-electron chi connectivity index (χ3n) is 2.80. The molecule has 2 N–H and O–H groups in total. The van der Waals surface area contributed by atoms with Crippen LogP contribution in [-0.2, 0) is 0 Å². The second-order valence-corrected chi connectivity index (χ2v) is 4.64. The molecule has 0 radical (unpaired) electrons. The number of nitrogens with zero attached hydrogens (tertiary/aromatic N) is 3. The van der Waals surface area contributed by atoms with Gasteiger partial charge in [0.25, 0.3) is 5.91 Å². The van der Waals surface area contributed by atoms with Gasteiger partial charge in [0.05, 0.1) is 0 Å². The molecule has 2 aromatic heterocycles. The molecule has 3 rings (SSSR count). The maximum absolute atomic E-state index is 11.9. The number of aryl methyl sites for hydroxylation is 1. The Morgan fingerprint density at radius 3 is 2.71 bits per heavy atom. The standard InChI is InChI=1S/C13H10ClN5O2/c1-7-6-10(19-21-7)13(20)18-17-12-9-5-3-2-4-8(9)11(14)15-16-12/h2-6H,1H3,(H,16,17)(H,18,20). The third kappa shape index (κ3) is 2.63. The first-order valence-electron chi connectivity index (χ1n) is 6.06. The lowest BCUT2D eigenvalue weighted by molar-refractivity contribution is 0.0953. The normalized spacial score (nSPS) is 10.6. The molecule has 106 valence electrons. The van der Waals surface area contributed by atoms with Gasteiger partial charge in [0, 0.05) is 16.8 Å². The van der Waals surface area contributed by atoms with Crippen molar-refractivity contribution in [2.75, 3.05) is 5.43 Å². The minimum absolute atomic E-state index is 0.172. The van der Waals surface area contributed by atoms with E-state index in [9.17, 15) is 4.79 Å². The van der Waals surface area contributed by atoms with E-state index in [2.05, 4.69) is 26.2 Å². The van der Waals surface area contributed by atoms with Crippen LogP contribution in [0.2, 0.25) is 5.15 Å². The molecule has 0 aliphatic heterocycles. The molecule has 8 heteroatoms. The molecular weight excluding hydrogens is 294 g/mol. The van der Waals surface area contributed by atoms with Gasteiger partial charge in [0.1, 0.15) is 5.76 Å². The van der Waals surface area contributed by atoms with E-state index in [0.29, 0.717) is 16.7 Å². The van der Waals surface area contributed by atoms with Crippen LogP contribution in [0.15, 0.2) is 34.9 Å². The Balaban J connectivity index is 1.83. The number of halogens is 1. The van der Waals surface area contributed by atoms with Crippen molar-refractivity contribution in [1.29, 1.82) is 0 Å². The highest BCUT2D eigenvalue weighted by atomic mass is 35.5. The fourth-order valence-electron chi connectivity index (χ4n) is 1.82. The van der Waals surface area contributed by atoms with Crippen LogP contribution in [0.5, 0.6) is 0 Å². The average Bonchev–Trinajstić information content (AvgIpc) is 2.93. The van der Waals surface area contributed by atoms with E-state index in [1.807, 2.05) is 24.3 Å². The Hall–Kier alpha value is -2.67. The van der Waals surface area contributed by atoms with Crippen LogP contribution in [0.1, 0.15) is 16.2 Å². The predicted octanol–water partition coefficient (Wildman–Crippen LogP) is 2.34. The molecule has 0 aliphatic rings. The Bertz CT molecular complexity index is 817. The van der Waals surface area contributed by atoms with Crippen molar-refractivity contribution in [2.24, 2.45) is 0 Å². The number of aromatic nitrogens is 3. The van der Waals surface area contributed by atoms with E-state index < -0.39 is 5.91 Å². The molecule has 0 saturated carbocycles. The minimum atomic E-state index is -0.437. The molecule has 0 spiro atoms. The van der Waals surface area contributed by atoms with Gasteiger partial charge in [-0.25, -0.2) is 0 Å². The zero-order valence-electron chi connectivity index (χ0n) is 10.9. The van der Waals surface area contributed by atoms with E-state index in [-0.39, 0.29) is 5.69 Å². The summed E-state index contributed by atoms with van der Waals surface area (Å²) in [6.45, 7) is 1.70. The summed E-state index contributed by atoms with van der Waals surface area (Å²) in [4.78, 5) is 11.9. The van der Waals surface area contributed by atoms with E-state index >= 15 is 0 Å². The van der Waals surface area contributed by atoms with Gasteiger partial charge < -0.3 is 4.52 Å². The molecule has 0 atom stereocenters.